The van der Waals surface area contributed by atoms with Crippen LogP contribution in [0.3, 0.4) is 0 Å². The van der Waals surface area contributed by atoms with Crippen LogP contribution in [0.5, 0.6) is 57.5 Å². The van der Waals surface area contributed by atoms with Crippen LogP contribution in [0, 0.1) is 50.4 Å². The number of benzene rings is 5. The summed E-state index contributed by atoms with van der Waals surface area (Å²) in [7, 11) is 7.03. The van der Waals surface area contributed by atoms with Crippen LogP contribution in [0.15, 0.2) is 67.8 Å². The Balaban J connectivity index is 0.000000191. The van der Waals surface area contributed by atoms with E-state index in [0.717, 1.165) is 44.6 Å². The number of aryl methyl sites for hydroxylation is 2. The molecule has 1 amide bonds. The molecule has 0 aromatic heterocycles. The summed E-state index contributed by atoms with van der Waals surface area (Å²) in [6, 6.07) is 13.8. The fourth-order valence-corrected chi connectivity index (χ4v) is 16.4. The van der Waals surface area contributed by atoms with E-state index in [1.54, 1.807) is 21.0 Å². The second-order valence-electron chi connectivity index (χ2n) is 25.1. The molecule has 4 bridgehead atoms. The van der Waals surface area contributed by atoms with Gasteiger partial charge in [0.05, 0.1) is 50.5 Å². The Kier molecular flexibility index (Phi) is 18.6. The van der Waals surface area contributed by atoms with Crippen molar-refractivity contribution in [1.82, 2.24) is 30.2 Å². The zero-order valence-electron chi connectivity index (χ0n) is 54.9. The van der Waals surface area contributed by atoms with Crippen molar-refractivity contribution in [2.45, 2.75) is 127 Å². The molecule has 7 N–H and O–H groups in total. The number of likely N-dealkylation sites (N-methyl/N-ethyl adjacent to an activating group) is 2. The minimum absolute atomic E-state index is 0.00185. The number of anilines is 1. The Morgan fingerprint density at radius 3 is 1.57 bits per heavy atom. The van der Waals surface area contributed by atoms with Gasteiger partial charge in [-0.1, -0.05) is 55.6 Å². The van der Waals surface area contributed by atoms with Gasteiger partial charge in [-0.05, 0) is 121 Å². The van der Waals surface area contributed by atoms with Crippen LogP contribution >= 0.6 is 12.2 Å². The molecule has 13 rings (SSSR count). The molecule has 0 spiro atoms. The third-order valence-corrected chi connectivity index (χ3v) is 20.2. The fourth-order valence-electron chi connectivity index (χ4n) is 16.1. The van der Waals surface area contributed by atoms with Gasteiger partial charge in [-0.25, -0.2) is 9.59 Å². The third-order valence-electron chi connectivity index (χ3n) is 20.0. The lowest BCUT2D eigenvalue weighted by Gasteiger charge is -2.60. The zero-order chi connectivity index (χ0) is 68.3. The summed E-state index contributed by atoms with van der Waals surface area (Å²) in [6.45, 7) is 16.4. The van der Waals surface area contributed by atoms with Crippen molar-refractivity contribution >= 4 is 41.2 Å². The molecular formula is C70H78N10O15S. The molecular weight excluding hydrogens is 1250 g/mol. The second-order valence-corrected chi connectivity index (χ2v) is 25.5. The number of hydrogen-bond donors (Lipinski definition) is 6. The van der Waals surface area contributed by atoms with Crippen molar-refractivity contribution in [3.8, 4) is 69.6 Å². The van der Waals surface area contributed by atoms with Gasteiger partial charge in [-0.2, -0.15) is 10.5 Å². The van der Waals surface area contributed by atoms with Gasteiger partial charge in [0.25, 0.3) is 0 Å². The predicted molar refractivity (Wildman–Crippen MR) is 354 cm³/mol. The number of thiocarbonyl (C=S) groups is 1. The molecule has 5 aromatic rings. The van der Waals surface area contributed by atoms with Gasteiger partial charge in [0, 0.05) is 87.5 Å². The molecule has 5 aromatic carbocycles. The highest BCUT2D eigenvalue weighted by Gasteiger charge is 2.59. The van der Waals surface area contributed by atoms with Gasteiger partial charge in [-0.15, -0.1) is 0 Å². The second kappa shape index (κ2) is 26.9. The molecule has 8 aliphatic rings. The summed E-state index contributed by atoms with van der Waals surface area (Å²) < 4.78 is 57.3. The maximum Gasteiger partial charge on any atom is 0.514 e. The number of aromatic hydroxyl groups is 2. The normalized spacial score (nSPS) is 23.9. The fraction of sp³-hybridized carbons (Fsp3) is 0.429. The molecule has 2 fully saturated rings. The van der Waals surface area contributed by atoms with Crippen molar-refractivity contribution in [3.63, 3.8) is 0 Å². The Morgan fingerprint density at radius 2 is 1.14 bits per heavy atom. The number of phenolic OH excluding ortho intramolecular Hbond substituents is 2. The number of carbonyl (C=O) groups is 3. The molecule has 504 valence electrons. The first kappa shape index (κ1) is 66.5. The van der Waals surface area contributed by atoms with E-state index in [9.17, 15) is 35.1 Å². The number of rotatable bonds is 14. The highest BCUT2D eigenvalue weighted by atomic mass is 32.1. The molecule has 8 aliphatic heterocycles. The van der Waals surface area contributed by atoms with Gasteiger partial charge >= 0.3 is 12.3 Å². The van der Waals surface area contributed by atoms with Crippen LogP contribution in [-0.4, -0.2) is 164 Å². The molecule has 26 heteroatoms. The van der Waals surface area contributed by atoms with Crippen LogP contribution < -0.4 is 59.6 Å². The average molecular weight is 1330 g/mol. The Hall–Kier alpha value is -9.54. The maximum atomic E-state index is 13.8. The lowest BCUT2D eigenvalue weighted by atomic mass is 9.71. The van der Waals surface area contributed by atoms with E-state index in [-0.39, 0.29) is 98.7 Å². The van der Waals surface area contributed by atoms with Gasteiger partial charge < -0.3 is 79.3 Å². The largest absolute Gasteiger partial charge is 0.514 e. The van der Waals surface area contributed by atoms with E-state index >= 15 is 0 Å². The molecule has 2 unspecified atom stereocenters. The number of ether oxygens (including phenoxy) is 10. The Morgan fingerprint density at radius 1 is 0.688 bits per heavy atom. The topological polar surface area (TPSA) is 307 Å². The summed E-state index contributed by atoms with van der Waals surface area (Å²) >= 11 is 5.50. The lowest BCUT2D eigenvalue weighted by Crippen LogP contribution is -2.69. The molecule has 2 saturated heterocycles. The molecule has 0 saturated carbocycles. The van der Waals surface area contributed by atoms with Crippen molar-refractivity contribution in [2.24, 2.45) is 5.73 Å². The van der Waals surface area contributed by atoms with E-state index in [1.165, 1.54) is 19.3 Å². The summed E-state index contributed by atoms with van der Waals surface area (Å²) in [5.41, 5.74) is 16.2. The van der Waals surface area contributed by atoms with E-state index in [4.69, 9.17) is 65.3 Å². The first-order chi connectivity index (χ1) is 46.2. The molecule has 0 radical (unpaired) electrons. The molecule has 25 nitrogen and oxygen atoms in total. The third kappa shape index (κ3) is 11.2. The first-order valence-electron chi connectivity index (χ1n) is 31.7. The highest BCUT2D eigenvalue weighted by molar-refractivity contribution is 7.80. The Bertz CT molecular complexity index is 4080. The number of methoxy groups -OCH3 is 2. The van der Waals surface area contributed by atoms with Gasteiger partial charge in [-0.3, -0.25) is 24.4 Å². The number of nitrogens with one attached hydrogen (secondary N) is 3. The lowest BCUT2D eigenvalue weighted by molar-refractivity contribution is -0.123. The monoisotopic (exact) mass is 1330 g/mol. The minimum atomic E-state index is -0.923. The number of nitriles is 2. The predicted octanol–water partition coefficient (Wildman–Crippen LogP) is 7.89. The highest BCUT2D eigenvalue weighted by Crippen LogP contribution is 2.61. The van der Waals surface area contributed by atoms with Gasteiger partial charge in [0.1, 0.15) is 42.8 Å². The standard InChI is InChI=1S/C40H44N6O8S.C30H34N4O7/c1-7-13-51-40(49)54-35-21(3)36-37(53-19-52-36)31-25(35)16-27-32-30-23(14-20(2)34(50-6)33(30)47)15-26(45(32)5)28(17-41)46(27)29(31)18-42-38(48)22(4)43-39(55)44-24-11-9-8-10-12-24;1-6-7-38-30(36)41-27-15(3)28-29(40-13-39-28)23-17(27)10-19-24-22-16(8-14(2)26(37-5)25(22)35)9-18(33(24)4)20(11-31)34(19)21(23)12-32/h7-12,14,22,26-29,32,47H,1,13,15-16,18-19H2,2-6H3,(H,42,48)(H2,43,44,55);6,8,18-21,24,35H,1,7,9-10,12-13,32H2,2-5H3/t22-,26+,27?,28+,29+,32+;18-,19?,20-,21-,24-/m10/s1. The number of nitrogens with zero attached hydrogens (tertiary/aromatic N) is 6. The molecule has 8 heterocycles. The summed E-state index contributed by atoms with van der Waals surface area (Å²) in [6.07, 6.45) is 2.88. The van der Waals surface area contributed by atoms with E-state index < -0.39 is 54.6 Å². The van der Waals surface area contributed by atoms with E-state index in [2.05, 4.69) is 66.9 Å². The van der Waals surface area contributed by atoms with E-state index in [0.29, 0.717) is 87.3 Å². The number of fused-ring (bicyclic) bond motifs is 18. The molecule has 11 atom stereocenters. The number of carbonyl (C=O) groups excluding carboxylic acids is 3. The van der Waals surface area contributed by atoms with Crippen LogP contribution in [0.2, 0.25) is 0 Å². The zero-order valence-corrected chi connectivity index (χ0v) is 55.7. The van der Waals surface area contributed by atoms with Crippen molar-refractivity contribution in [3.05, 3.63) is 135 Å². The number of piperazine rings is 2. The van der Waals surface area contributed by atoms with Gasteiger partial charge in [0.2, 0.25) is 19.5 Å². The van der Waals surface area contributed by atoms with Crippen LogP contribution in [0.25, 0.3) is 0 Å². The SMILES string of the molecule is C=CCOC(=O)Oc1c(C)c2c(c3c1CC1[C@H]4c5c(cc(C)c(OC)c5O)C[C@@H]([C@H](C#N)N1[C@H]3CN)N4C)OCO2.C=CCOC(=O)Oc1c(C)c2c(c3c1CC1[C@H]4c5c(cc(C)c(OC)c5O)C[C@@H]([C@H](C#N)N1[C@H]3CNC(=O)[C@@H](C)NC(=S)Nc1ccccc1)N4C)OCO2. The van der Waals surface area contributed by atoms with E-state index in [1.807, 2.05) is 71.3 Å². The van der Waals surface area contributed by atoms with Crippen molar-refractivity contribution in [1.29, 1.82) is 10.5 Å². The summed E-state index contributed by atoms with van der Waals surface area (Å²) in [4.78, 5) is 48.2. The number of phenols is 2. The van der Waals surface area contributed by atoms with Crippen LogP contribution in [0.1, 0.15) is 97.9 Å². The molecule has 0 aliphatic carbocycles. The average Bonchev–Trinajstić information content (AvgIpc) is 0.897. The maximum absolute atomic E-state index is 13.8. The van der Waals surface area contributed by atoms with Crippen LogP contribution in [0.4, 0.5) is 15.3 Å². The van der Waals surface area contributed by atoms with Crippen molar-refractivity contribution < 1.29 is 72.0 Å². The number of para-hydroxylation sites is 1. The van der Waals surface area contributed by atoms with Crippen molar-refractivity contribution in [2.75, 3.05) is 73.5 Å². The van der Waals surface area contributed by atoms with Crippen LogP contribution in [-0.2, 0) is 40.0 Å². The quantitative estimate of drug-likeness (QED) is 0.0266. The first-order valence-corrected chi connectivity index (χ1v) is 32.1. The summed E-state index contributed by atoms with van der Waals surface area (Å²) in [5, 5.41) is 54.4. The van der Waals surface area contributed by atoms with Gasteiger partial charge in [0.15, 0.2) is 51.1 Å². The number of amides is 1. The number of nitrogens with two attached hydrogens (primary N) is 1. The number of hydrogen-bond acceptors (Lipinski definition) is 23. The minimum Gasteiger partial charge on any atom is -0.504 e. The molecule has 96 heavy (non-hydrogen) atoms. The summed E-state index contributed by atoms with van der Waals surface area (Å²) in [5.74, 6) is 3.11. The smallest absolute Gasteiger partial charge is 0.504 e. The Labute approximate surface area is 561 Å².